The van der Waals surface area contributed by atoms with Crippen LogP contribution in [0, 0.1) is 11.6 Å². The number of alkyl halides is 3. The Kier molecular flexibility index (Phi) is 8.51. The van der Waals surface area contributed by atoms with Gasteiger partial charge >= 0.3 is 6.36 Å². The highest BCUT2D eigenvalue weighted by molar-refractivity contribution is 9.10. The molecule has 5 rings (SSSR count). The molecule has 2 aromatic carbocycles. The fourth-order valence-electron chi connectivity index (χ4n) is 4.65. The third-order valence-corrected chi connectivity index (χ3v) is 7.35. The summed E-state index contributed by atoms with van der Waals surface area (Å²) >= 11 is 8.97. The number of nitrogens with zero attached hydrogens (tertiary/aromatic N) is 6. The first-order chi connectivity index (χ1) is 19.9. The molecule has 0 unspecified atom stereocenters. The minimum absolute atomic E-state index is 0.0697. The Morgan fingerprint density at radius 2 is 1.90 bits per heavy atom. The van der Waals surface area contributed by atoms with Gasteiger partial charge in [-0.05, 0) is 46.3 Å². The maximum atomic E-state index is 14.6. The summed E-state index contributed by atoms with van der Waals surface area (Å²) in [6.45, 7) is -0.702. The average molecular weight is 682 g/mol. The molecule has 42 heavy (non-hydrogen) atoms. The number of aromatic nitrogens is 6. The third kappa shape index (κ3) is 5.71. The van der Waals surface area contributed by atoms with Gasteiger partial charge in [0.25, 0.3) is 0 Å². The third-order valence-electron chi connectivity index (χ3n) is 6.50. The number of hydrogen-bond acceptors (Lipinski definition) is 9. The lowest BCUT2D eigenvalue weighted by atomic mass is 9.91. The smallest absolute Gasteiger partial charge is 0.404 e. The summed E-state index contributed by atoms with van der Waals surface area (Å²) in [5.41, 5.74) is -0.497. The van der Waals surface area contributed by atoms with E-state index in [-0.39, 0.29) is 32.3 Å². The lowest BCUT2D eigenvalue weighted by Crippen LogP contribution is -2.53. The van der Waals surface area contributed by atoms with Crippen LogP contribution >= 0.6 is 27.5 Å². The second-order valence-corrected chi connectivity index (χ2v) is 10.3. The van der Waals surface area contributed by atoms with Crippen molar-refractivity contribution in [3.8, 4) is 22.7 Å². The number of methoxy groups -OCH3 is 1. The lowest BCUT2D eigenvalue weighted by Gasteiger charge is -2.43. The highest BCUT2D eigenvalue weighted by atomic mass is 79.9. The molecule has 1 aliphatic heterocycles. The highest BCUT2D eigenvalue weighted by Crippen LogP contribution is 2.41. The number of aliphatic hydroxyl groups is 2. The Bertz CT molecular complexity index is 1590. The molecule has 4 aromatic rings. The van der Waals surface area contributed by atoms with Crippen molar-refractivity contribution in [3.63, 3.8) is 0 Å². The second kappa shape index (κ2) is 11.8. The first-order valence-electron chi connectivity index (χ1n) is 11.9. The molecule has 0 radical (unpaired) electrons. The maximum Gasteiger partial charge on any atom is 0.573 e. The van der Waals surface area contributed by atoms with Crippen LogP contribution < -0.4 is 4.74 Å². The van der Waals surface area contributed by atoms with E-state index in [9.17, 15) is 32.2 Å². The van der Waals surface area contributed by atoms with Gasteiger partial charge in [-0.2, -0.15) is 0 Å². The average Bonchev–Trinajstić information content (AvgIpc) is 3.62. The highest BCUT2D eigenvalue weighted by Gasteiger charge is 2.49. The molecule has 5 atom stereocenters. The van der Waals surface area contributed by atoms with Gasteiger partial charge in [0, 0.05) is 17.7 Å². The van der Waals surface area contributed by atoms with Crippen molar-refractivity contribution in [2.45, 2.75) is 36.8 Å². The normalized spacial score (nSPS) is 22.9. The molecule has 1 fully saturated rings. The summed E-state index contributed by atoms with van der Waals surface area (Å²) in [5.74, 6) is -3.06. The van der Waals surface area contributed by atoms with Crippen LogP contribution in [0.5, 0.6) is 5.75 Å². The number of halogens is 7. The van der Waals surface area contributed by atoms with E-state index in [0.29, 0.717) is 0 Å². The molecule has 0 aliphatic carbocycles. The van der Waals surface area contributed by atoms with Gasteiger partial charge in [-0.3, -0.25) is 4.57 Å². The molecule has 3 heterocycles. The standard InChI is InChI=1S/C24H19BrClF5N6O5/c1-40-21-19(37-7-13(33-35-37)11-3-4-12(25)18(28)17(11)27)20(39)16(8-38)41-22(21)23-34-32-9-36(23)14-6-10(26)2-5-15(14)42-24(29,30)31/h2-7,9,16,19-22,38-39H,8H2,1H3/t16-,19+,20+,21-,22-/m1/s1. The molecular weight excluding hydrogens is 663 g/mol. The van der Waals surface area contributed by atoms with Crippen molar-refractivity contribution in [3.05, 3.63) is 69.8 Å². The summed E-state index contributed by atoms with van der Waals surface area (Å²) in [7, 11) is 1.26. The molecule has 0 saturated carbocycles. The summed E-state index contributed by atoms with van der Waals surface area (Å²) in [4.78, 5) is 0. The molecule has 0 bridgehead atoms. The predicted molar refractivity (Wildman–Crippen MR) is 137 cm³/mol. The molecule has 18 heteroatoms. The Morgan fingerprint density at radius 3 is 2.60 bits per heavy atom. The van der Waals surface area contributed by atoms with E-state index in [0.717, 1.165) is 21.6 Å². The predicted octanol–water partition coefficient (Wildman–Crippen LogP) is 4.17. The number of hydrogen-bond donors (Lipinski definition) is 2. The number of benzene rings is 2. The van der Waals surface area contributed by atoms with Gasteiger partial charge in [-0.25, -0.2) is 13.5 Å². The van der Waals surface area contributed by atoms with Crippen LogP contribution in [0.4, 0.5) is 22.0 Å². The molecule has 0 amide bonds. The van der Waals surface area contributed by atoms with E-state index in [1.54, 1.807) is 0 Å². The number of aliphatic hydroxyl groups excluding tert-OH is 2. The van der Waals surface area contributed by atoms with Gasteiger partial charge in [-0.1, -0.05) is 16.8 Å². The van der Waals surface area contributed by atoms with Crippen molar-refractivity contribution in [2.75, 3.05) is 13.7 Å². The van der Waals surface area contributed by atoms with E-state index in [1.807, 2.05) is 0 Å². The SMILES string of the molecule is CO[C@@H]1[C@@H](n2cc(-c3ccc(Br)c(F)c3F)nn2)[C@@H](O)[C@@H](CO)O[C@H]1c1nncn1-c1cc(Cl)ccc1OC(F)(F)F. The van der Waals surface area contributed by atoms with E-state index in [1.165, 1.54) is 37.6 Å². The maximum absolute atomic E-state index is 14.6. The van der Waals surface area contributed by atoms with Crippen molar-refractivity contribution in [1.29, 1.82) is 0 Å². The molecule has 2 N–H and O–H groups in total. The van der Waals surface area contributed by atoms with Crippen LogP contribution in [-0.4, -0.2) is 78.4 Å². The van der Waals surface area contributed by atoms with Crippen LogP contribution in [0.15, 0.2) is 47.3 Å². The van der Waals surface area contributed by atoms with Gasteiger partial charge in [0.15, 0.2) is 23.2 Å². The summed E-state index contributed by atoms with van der Waals surface area (Å²) in [6.07, 6.45) is -7.94. The molecule has 224 valence electrons. The largest absolute Gasteiger partial charge is 0.573 e. The summed E-state index contributed by atoms with van der Waals surface area (Å²) in [6, 6.07) is 4.78. The van der Waals surface area contributed by atoms with E-state index in [4.69, 9.17) is 21.1 Å². The second-order valence-electron chi connectivity index (χ2n) is 8.98. The Balaban J connectivity index is 1.57. The fourth-order valence-corrected chi connectivity index (χ4v) is 5.12. The van der Waals surface area contributed by atoms with Gasteiger partial charge in [0.05, 0.1) is 23.0 Å². The van der Waals surface area contributed by atoms with Crippen molar-refractivity contribution >= 4 is 27.5 Å². The molecule has 0 spiro atoms. The van der Waals surface area contributed by atoms with Crippen LogP contribution in [0.3, 0.4) is 0 Å². The van der Waals surface area contributed by atoms with Crippen LogP contribution in [-0.2, 0) is 9.47 Å². The zero-order chi connectivity index (χ0) is 30.3. The summed E-state index contributed by atoms with van der Waals surface area (Å²) < 4.78 is 86.1. The minimum atomic E-state index is -5.04. The van der Waals surface area contributed by atoms with E-state index in [2.05, 4.69) is 41.2 Å². The molecule has 1 aliphatic rings. The molecule has 2 aromatic heterocycles. The quantitative estimate of drug-likeness (QED) is 0.218. The zero-order valence-corrected chi connectivity index (χ0v) is 23.4. The van der Waals surface area contributed by atoms with Crippen molar-refractivity contribution in [2.24, 2.45) is 0 Å². The van der Waals surface area contributed by atoms with Gasteiger partial charge in [-0.15, -0.1) is 28.5 Å². The molecule has 11 nitrogen and oxygen atoms in total. The fraction of sp³-hybridized carbons (Fsp3) is 0.333. The van der Waals surface area contributed by atoms with Crippen molar-refractivity contribution in [1.82, 2.24) is 29.8 Å². The van der Waals surface area contributed by atoms with E-state index >= 15 is 0 Å². The van der Waals surface area contributed by atoms with Crippen LogP contribution in [0.1, 0.15) is 18.0 Å². The first kappa shape index (κ1) is 30.2. The Morgan fingerprint density at radius 1 is 1.14 bits per heavy atom. The van der Waals surface area contributed by atoms with Gasteiger partial charge in [0.2, 0.25) is 0 Å². The molecular formula is C24H19BrClF5N6O5. The van der Waals surface area contributed by atoms with Crippen molar-refractivity contribution < 1.29 is 46.4 Å². The topological polar surface area (TPSA) is 130 Å². The monoisotopic (exact) mass is 680 g/mol. The van der Waals surface area contributed by atoms with Crippen LogP contribution in [0.25, 0.3) is 16.9 Å². The summed E-state index contributed by atoms with van der Waals surface area (Å²) in [5, 5.41) is 36.9. The number of rotatable bonds is 7. The minimum Gasteiger partial charge on any atom is -0.404 e. The lowest BCUT2D eigenvalue weighted by molar-refractivity contribution is -0.274. The van der Waals surface area contributed by atoms with Crippen LogP contribution in [0.2, 0.25) is 5.02 Å². The van der Waals surface area contributed by atoms with Gasteiger partial charge < -0.3 is 24.4 Å². The molecule has 1 saturated heterocycles. The Hall–Kier alpha value is -3.22. The van der Waals surface area contributed by atoms with E-state index < -0.39 is 60.8 Å². The zero-order valence-electron chi connectivity index (χ0n) is 21.1. The van der Waals surface area contributed by atoms with Gasteiger partial charge in [0.1, 0.15) is 42.5 Å². The Labute approximate surface area is 246 Å². The first-order valence-corrected chi connectivity index (χ1v) is 13.1. The number of ether oxygens (including phenoxy) is 3.